The van der Waals surface area contributed by atoms with E-state index in [-0.39, 0.29) is 35.7 Å². The lowest BCUT2D eigenvalue weighted by Gasteiger charge is -2.32. The molecule has 218 valence electrons. The van der Waals surface area contributed by atoms with Crippen molar-refractivity contribution in [3.8, 4) is 0 Å². The first-order valence-electron chi connectivity index (χ1n) is 14.4. The molecule has 1 fully saturated rings. The summed E-state index contributed by atoms with van der Waals surface area (Å²) in [7, 11) is -2.12. The molecule has 1 atom stereocenters. The zero-order valence-corrected chi connectivity index (χ0v) is 24.9. The minimum Gasteiger partial charge on any atom is -0.352 e. The van der Waals surface area contributed by atoms with E-state index >= 15 is 0 Å². The number of amides is 2. The molecule has 1 aliphatic rings. The van der Waals surface area contributed by atoms with Gasteiger partial charge < -0.3 is 10.2 Å². The normalized spacial score (nSPS) is 14.6. The van der Waals surface area contributed by atoms with Crippen molar-refractivity contribution >= 4 is 21.8 Å². The fourth-order valence-electron chi connectivity index (χ4n) is 5.30. The zero-order chi connectivity index (χ0) is 29.2. The number of aryl methyl sites for hydroxylation is 1. The van der Waals surface area contributed by atoms with Crippen LogP contribution in [0.1, 0.15) is 55.2 Å². The van der Waals surface area contributed by atoms with Gasteiger partial charge in [0.25, 0.3) is 0 Å². The van der Waals surface area contributed by atoms with Crippen LogP contribution in [0.15, 0.2) is 89.8 Å². The lowest BCUT2D eigenvalue weighted by atomic mass is 10.0. The molecule has 1 aliphatic carbocycles. The number of hydrogen-bond acceptors (Lipinski definition) is 4. The van der Waals surface area contributed by atoms with Gasteiger partial charge in [-0.2, -0.15) is 0 Å². The molecule has 4 rings (SSSR count). The standard InChI is InChI=1S/C33H41N3O4S/c1-26-19-21-28(22-20-26)25-36(32(37)18-11-23-35(2)41(39,40)30-16-7-4-8-17-30)31(24-27-12-5-3-6-13-27)33(38)34-29-14-9-10-15-29/h3-8,12-13,16-17,19-22,29,31H,9-11,14-15,18,23-25H2,1-2H3,(H,34,38)/t31-/m1/s1. The average Bonchev–Trinajstić information content (AvgIpc) is 3.49. The zero-order valence-electron chi connectivity index (χ0n) is 24.0. The highest BCUT2D eigenvalue weighted by atomic mass is 32.2. The number of nitrogens with one attached hydrogen (secondary N) is 1. The highest BCUT2D eigenvalue weighted by molar-refractivity contribution is 7.89. The van der Waals surface area contributed by atoms with Crippen LogP contribution in [0, 0.1) is 6.92 Å². The second-order valence-electron chi connectivity index (χ2n) is 10.9. The van der Waals surface area contributed by atoms with E-state index in [2.05, 4.69) is 5.32 Å². The Morgan fingerprint density at radius 3 is 2.12 bits per heavy atom. The van der Waals surface area contributed by atoms with Gasteiger partial charge in [0.05, 0.1) is 4.90 Å². The monoisotopic (exact) mass is 575 g/mol. The quantitative estimate of drug-likeness (QED) is 0.308. The first-order valence-corrected chi connectivity index (χ1v) is 15.9. The molecule has 0 aromatic heterocycles. The third kappa shape index (κ3) is 8.50. The second-order valence-corrected chi connectivity index (χ2v) is 13.0. The van der Waals surface area contributed by atoms with E-state index in [1.54, 1.807) is 35.2 Å². The average molecular weight is 576 g/mol. The van der Waals surface area contributed by atoms with Gasteiger partial charge in [0.1, 0.15) is 6.04 Å². The van der Waals surface area contributed by atoms with Gasteiger partial charge in [-0.25, -0.2) is 12.7 Å². The number of rotatable bonds is 13. The van der Waals surface area contributed by atoms with Crippen molar-refractivity contribution in [3.63, 3.8) is 0 Å². The van der Waals surface area contributed by atoms with Gasteiger partial charge in [-0.05, 0) is 49.4 Å². The van der Waals surface area contributed by atoms with Crippen LogP contribution in [-0.2, 0) is 32.6 Å². The molecule has 0 heterocycles. The van der Waals surface area contributed by atoms with Gasteiger partial charge in [0, 0.05) is 39.0 Å². The van der Waals surface area contributed by atoms with Crippen molar-refractivity contribution in [2.45, 2.75) is 75.4 Å². The van der Waals surface area contributed by atoms with Crippen LogP contribution in [0.5, 0.6) is 0 Å². The third-order valence-corrected chi connectivity index (χ3v) is 9.63. The molecule has 0 bridgehead atoms. The van der Waals surface area contributed by atoms with Gasteiger partial charge in [-0.3, -0.25) is 9.59 Å². The molecule has 7 nitrogen and oxygen atoms in total. The Kier molecular flexibility index (Phi) is 10.7. The second kappa shape index (κ2) is 14.4. The molecular formula is C33H41N3O4S. The Morgan fingerprint density at radius 2 is 1.49 bits per heavy atom. The highest BCUT2D eigenvalue weighted by Gasteiger charge is 2.32. The van der Waals surface area contributed by atoms with Crippen LogP contribution in [0.3, 0.4) is 0 Å². The topological polar surface area (TPSA) is 86.8 Å². The van der Waals surface area contributed by atoms with E-state index in [4.69, 9.17) is 0 Å². The van der Waals surface area contributed by atoms with E-state index in [9.17, 15) is 18.0 Å². The van der Waals surface area contributed by atoms with E-state index in [1.807, 2.05) is 61.5 Å². The molecule has 1 N–H and O–H groups in total. The number of sulfonamides is 1. The van der Waals surface area contributed by atoms with Crippen molar-refractivity contribution in [2.24, 2.45) is 0 Å². The van der Waals surface area contributed by atoms with E-state index in [0.29, 0.717) is 19.4 Å². The van der Waals surface area contributed by atoms with Crippen LogP contribution >= 0.6 is 0 Å². The van der Waals surface area contributed by atoms with Gasteiger partial charge in [0.2, 0.25) is 21.8 Å². The lowest BCUT2D eigenvalue weighted by Crippen LogP contribution is -2.52. The minimum absolute atomic E-state index is 0.127. The largest absolute Gasteiger partial charge is 0.352 e. The number of carbonyl (C=O) groups excluding carboxylic acids is 2. The summed E-state index contributed by atoms with van der Waals surface area (Å²) in [5, 5.41) is 3.22. The van der Waals surface area contributed by atoms with Gasteiger partial charge in [-0.1, -0.05) is 91.2 Å². The van der Waals surface area contributed by atoms with Gasteiger partial charge in [0.15, 0.2) is 0 Å². The van der Waals surface area contributed by atoms with Crippen molar-refractivity contribution in [1.29, 1.82) is 0 Å². The maximum atomic E-state index is 13.9. The summed E-state index contributed by atoms with van der Waals surface area (Å²) in [5.41, 5.74) is 3.04. The molecule has 0 radical (unpaired) electrons. The first-order chi connectivity index (χ1) is 19.7. The Morgan fingerprint density at radius 1 is 0.878 bits per heavy atom. The Hall–Kier alpha value is -3.49. The minimum atomic E-state index is -3.65. The number of carbonyl (C=O) groups is 2. The molecule has 0 saturated heterocycles. The van der Waals surface area contributed by atoms with Gasteiger partial charge in [-0.15, -0.1) is 0 Å². The number of nitrogens with zero attached hydrogens (tertiary/aromatic N) is 2. The SMILES string of the molecule is Cc1ccc(CN(C(=O)CCCN(C)S(=O)(=O)c2ccccc2)[C@H](Cc2ccccc2)C(=O)NC2CCCC2)cc1. The maximum absolute atomic E-state index is 13.9. The molecule has 3 aromatic carbocycles. The summed E-state index contributed by atoms with van der Waals surface area (Å²) < 4.78 is 27.2. The molecule has 0 aliphatic heterocycles. The molecule has 1 saturated carbocycles. The van der Waals surface area contributed by atoms with Gasteiger partial charge >= 0.3 is 0 Å². The number of hydrogen-bond donors (Lipinski definition) is 1. The predicted octanol–water partition coefficient (Wildman–Crippen LogP) is 5.09. The van der Waals surface area contributed by atoms with E-state index < -0.39 is 16.1 Å². The molecule has 0 spiro atoms. The Bertz CT molecular complexity index is 1370. The van der Waals surface area contributed by atoms with Crippen LogP contribution in [0.25, 0.3) is 0 Å². The van der Waals surface area contributed by atoms with Crippen molar-refractivity contribution in [2.75, 3.05) is 13.6 Å². The summed E-state index contributed by atoms with van der Waals surface area (Å²) >= 11 is 0. The Labute approximate surface area is 244 Å². The van der Waals surface area contributed by atoms with Crippen molar-refractivity contribution in [1.82, 2.24) is 14.5 Å². The molecule has 8 heteroatoms. The van der Waals surface area contributed by atoms with Crippen LogP contribution in [0.4, 0.5) is 0 Å². The summed E-state index contributed by atoms with van der Waals surface area (Å²) in [6.45, 7) is 2.51. The highest BCUT2D eigenvalue weighted by Crippen LogP contribution is 2.21. The lowest BCUT2D eigenvalue weighted by molar-refractivity contribution is -0.141. The molecular weight excluding hydrogens is 534 g/mol. The molecule has 41 heavy (non-hydrogen) atoms. The number of benzene rings is 3. The van der Waals surface area contributed by atoms with Crippen molar-refractivity contribution < 1.29 is 18.0 Å². The van der Waals surface area contributed by atoms with Crippen LogP contribution in [0.2, 0.25) is 0 Å². The summed E-state index contributed by atoms with van der Waals surface area (Å²) in [6.07, 6.45) is 4.98. The van der Waals surface area contributed by atoms with Crippen molar-refractivity contribution in [3.05, 3.63) is 102 Å². The molecule has 2 amide bonds. The summed E-state index contributed by atoms with van der Waals surface area (Å²) in [5.74, 6) is -0.302. The predicted molar refractivity (Wildman–Crippen MR) is 162 cm³/mol. The fourth-order valence-corrected chi connectivity index (χ4v) is 6.53. The van der Waals surface area contributed by atoms with Crippen LogP contribution < -0.4 is 5.32 Å². The third-order valence-electron chi connectivity index (χ3n) is 7.76. The Balaban J connectivity index is 1.53. The summed E-state index contributed by atoms with van der Waals surface area (Å²) in [6, 6.07) is 25.5. The summed E-state index contributed by atoms with van der Waals surface area (Å²) in [4.78, 5) is 29.6. The van der Waals surface area contributed by atoms with E-state index in [1.165, 1.54) is 11.4 Å². The first kappa shape index (κ1) is 30.5. The molecule has 3 aromatic rings. The van der Waals surface area contributed by atoms with Crippen LogP contribution in [-0.4, -0.2) is 55.1 Å². The smallest absolute Gasteiger partial charge is 0.243 e. The fraction of sp³-hybridized carbons (Fsp3) is 0.394. The maximum Gasteiger partial charge on any atom is 0.243 e. The van der Waals surface area contributed by atoms with E-state index in [0.717, 1.165) is 42.4 Å². The molecule has 0 unspecified atom stereocenters.